The Bertz CT molecular complexity index is 402. The molecule has 0 fully saturated rings. The Morgan fingerprint density at radius 3 is 2.10 bits per heavy atom. The Morgan fingerprint density at radius 1 is 1.05 bits per heavy atom. The van der Waals surface area contributed by atoms with Crippen molar-refractivity contribution in [2.45, 2.75) is 58.3 Å². The van der Waals surface area contributed by atoms with Crippen LogP contribution in [0.4, 0.5) is 0 Å². The first-order valence-electron chi connectivity index (χ1n) is 7.56. The first-order valence-corrected chi connectivity index (χ1v) is 7.56. The largest absolute Gasteiger partial charge is 0.508 e. The van der Waals surface area contributed by atoms with Gasteiger partial charge in [0.25, 0.3) is 0 Å². The van der Waals surface area contributed by atoms with E-state index in [4.69, 9.17) is 14.7 Å². The van der Waals surface area contributed by atoms with Crippen LogP contribution in [0.1, 0.15) is 57.4 Å². The lowest BCUT2D eigenvalue weighted by Crippen LogP contribution is -1.91. The number of aliphatic carboxylic acids is 1. The number of carbonyl (C=O) groups is 2. The van der Waals surface area contributed by atoms with Gasteiger partial charge in [-0.3, -0.25) is 4.79 Å². The van der Waals surface area contributed by atoms with Gasteiger partial charge in [-0.25, -0.2) is 4.79 Å². The van der Waals surface area contributed by atoms with Crippen molar-refractivity contribution in [3.05, 3.63) is 29.8 Å². The van der Waals surface area contributed by atoms with Gasteiger partial charge in [0.15, 0.2) is 0 Å². The van der Waals surface area contributed by atoms with E-state index in [0.717, 1.165) is 12.0 Å². The quantitative estimate of drug-likeness (QED) is 0.411. The summed E-state index contributed by atoms with van der Waals surface area (Å²) in [7, 11) is 0. The number of hydrogen-bond acceptors (Lipinski definition) is 3. The molecule has 0 saturated heterocycles. The monoisotopic (exact) mass is 294 g/mol. The van der Waals surface area contributed by atoms with Gasteiger partial charge >= 0.3 is 5.97 Å². The van der Waals surface area contributed by atoms with Gasteiger partial charge in [0.1, 0.15) is 5.75 Å². The van der Waals surface area contributed by atoms with Gasteiger partial charge in [-0.15, -0.1) is 0 Å². The van der Waals surface area contributed by atoms with Crippen LogP contribution in [0, 0.1) is 0 Å². The van der Waals surface area contributed by atoms with Gasteiger partial charge in [0, 0.05) is 0 Å². The Morgan fingerprint density at radius 2 is 1.57 bits per heavy atom. The van der Waals surface area contributed by atoms with Crippen molar-refractivity contribution in [1.29, 1.82) is 0 Å². The molecule has 2 N–H and O–H groups in total. The maximum Gasteiger partial charge on any atom is 0.368 e. The number of benzene rings is 1. The number of carboxylic acid groups (broad SMARTS) is 1. The Kier molecular flexibility index (Phi) is 12.0. The average Bonchev–Trinajstić information content (AvgIpc) is 2.48. The summed E-state index contributed by atoms with van der Waals surface area (Å²) >= 11 is 0. The molecule has 0 heterocycles. The van der Waals surface area contributed by atoms with Crippen molar-refractivity contribution in [2.24, 2.45) is 0 Å². The van der Waals surface area contributed by atoms with Crippen LogP contribution in [0.25, 0.3) is 0 Å². The van der Waals surface area contributed by atoms with E-state index in [1.807, 2.05) is 18.2 Å². The third-order valence-electron chi connectivity index (χ3n) is 3.14. The number of carboxylic acids is 1. The Balaban J connectivity index is 0.000000690. The number of carbonyl (C=O) groups excluding carboxylic acids is 1. The van der Waals surface area contributed by atoms with Crippen LogP contribution in [0.15, 0.2) is 24.3 Å². The maximum atomic E-state index is 9.58. The topological polar surface area (TPSA) is 74.6 Å². The molecule has 0 atom stereocenters. The van der Waals surface area contributed by atoms with Gasteiger partial charge in [0.2, 0.25) is 6.29 Å². The lowest BCUT2D eigenvalue weighted by molar-refractivity contribution is -0.143. The van der Waals surface area contributed by atoms with Gasteiger partial charge in [-0.2, -0.15) is 0 Å². The molecule has 0 spiro atoms. The molecule has 0 aliphatic rings. The molecule has 0 aromatic heterocycles. The van der Waals surface area contributed by atoms with Crippen molar-refractivity contribution in [1.82, 2.24) is 0 Å². The first kappa shape index (κ1) is 19.2. The number of rotatable bonds is 9. The predicted octanol–water partition coefficient (Wildman–Crippen LogP) is 3.96. The summed E-state index contributed by atoms with van der Waals surface area (Å²) in [5.74, 6) is -0.974. The van der Waals surface area contributed by atoms with Crippen LogP contribution in [-0.2, 0) is 16.0 Å². The smallest absolute Gasteiger partial charge is 0.368 e. The molecule has 0 radical (unpaired) electrons. The Hall–Kier alpha value is -1.84. The molecule has 21 heavy (non-hydrogen) atoms. The fourth-order valence-corrected chi connectivity index (χ4v) is 1.99. The van der Waals surface area contributed by atoms with Crippen LogP contribution < -0.4 is 0 Å². The Labute approximate surface area is 126 Å². The standard InChI is InChI=1S/C15H24O.C2H2O3/c1-2-3-4-5-6-7-8-11-14-12-9-10-13-15(14)16;3-1-2(4)5/h9-10,12-13,16H,2-8,11H2,1H3;1H,(H,4,5). The van der Waals surface area contributed by atoms with Gasteiger partial charge in [-0.1, -0.05) is 63.6 Å². The SMILES string of the molecule is CCCCCCCCCc1ccccc1O.O=CC(=O)O. The molecular formula is C17H26O4. The number of aryl methyl sites for hydroxylation is 1. The number of aromatic hydroxyl groups is 1. The molecular weight excluding hydrogens is 268 g/mol. The maximum absolute atomic E-state index is 9.58. The summed E-state index contributed by atoms with van der Waals surface area (Å²) in [6.07, 6.45) is 10.1. The number of phenolic OH excluding ortho intramolecular Hbond substituents is 1. The van der Waals surface area contributed by atoms with Gasteiger partial charge in [0.05, 0.1) is 0 Å². The van der Waals surface area contributed by atoms with E-state index >= 15 is 0 Å². The highest BCUT2D eigenvalue weighted by atomic mass is 16.4. The number of para-hydroxylation sites is 1. The summed E-state index contributed by atoms with van der Waals surface area (Å²) in [5, 5.41) is 16.9. The summed E-state index contributed by atoms with van der Waals surface area (Å²) in [6, 6.07) is 7.67. The molecule has 0 saturated carbocycles. The molecule has 0 amide bonds. The molecule has 0 unspecified atom stereocenters. The van der Waals surface area contributed by atoms with E-state index < -0.39 is 5.97 Å². The second-order valence-corrected chi connectivity index (χ2v) is 4.96. The van der Waals surface area contributed by atoms with E-state index in [9.17, 15) is 5.11 Å². The summed E-state index contributed by atoms with van der Waals surface area (Å²) < 4.78 is 0. The second-order valence-electron chi connectivity index (χ2n) is 4.96. The minimum absolute atomic E-state index is 0.167. The molecule has 0 aliphatic heterocycles. The molecule has 1 aromatic carbocycles. The number of aldehydes is 1. The lowest BCUT2D eigenvalue weighted by Gasteiger charge is -2.04. The number of hydrogen-bond donors (Lipinski definition) is 2. The van der Waals surface area contributed by atoms with Gasteiger partial charge in [-0.05, 0) is 24.5 Å². The predicted molar refractivity (Wildman–Crippen MR) is 83.5 cm³/mol. The van der Waals surface area contributed by atoms with Crippen LogP contribution in [-0.4, -0.2) is 22.5 Å². The van der Waals surface area contributed by atoms with Crippen molar-refractivity contribution >= 4 is 12.3 Å². The number of phenols is 1. The highest BCUT2D eigenvalue weighted by Crippen LogP contribution is 2.18. The summed E-state index contributed by atoms with van der Waals surface area (Å²) in [6.45, 7) is 2.25. The molecule has 118 valence electrons. The molecule has 1 aromatic rings. The first-order chi connectivity index (χ1) is 10.1. The van der Waals surface area contributed by atoms with Crippen molar-refractivity contribution in [2.75, 3.05) is 0 Å². The minimum Gasteiger partial charge on any atom is -0.508 e. The van der Waals surface area contributed by atoms with E-state index in [0.29, 0.717) is 5.75 Å². The highest BCUT2D eigenvalue weighted by molar-refractivity contribution is 6.19. The van der Waals surface area contributed by atoms with Crippen LogP contribution in [0.2, 0.25) is 0 Å². The third-order valence-corrected chi connectivity index (χ3v) is 3.14. The van der Waals surface area contributed by atoms with Crippen LogP contribution in [0.5, 0.6) is 5.75 Å². The lowest BCUT2D eigenvalue weighted by atomic mass is 10.0. The molecule has 4 nitrogen and oxygen atoms in total. The normalized spacial score (nSPS) is 9.57. The zero-order valence-electron chi connectivity index (χ0n) is 12.8. The molecule has 1 rings (SSSR count). The summed E-state index contributed by atoms with van der Waals surface area (Å²) in [5.41, 5.74) is 1.09. The fourth-order valence-electron chi connectivity index (χ4n) is 1.99. The average molecular weight is 294 g/mol. The van der Waals surface area contributed by atoms with Crippen molar-refractivity contribution in [3.63, 3.8) is 0 Å². The van der Waals surface area contributed by atoms with Crippen molar-refractivity contribution in [3.8, 4) is 5.75 Å². The minimum atomic E-state index is -1.43. The zero-order valence-corrected chi connectivity index (χ0v) is 12.8. The zero-order chi connectivity index (χ0) is 15.9. The molecule has 4 heteroatoms. The molecule has 0 bridgehead atoms. The van der Waals surface area contributed by atoms with E-state index in [1.165, 1.54) is 44.9 Å². The molecule has 0 aliphatic carbocycles. The van der Waals surface area contributed by atoms with Gasteiger partial charge < -0.3 is 10.2 Å². The third kappa shape index (κ3) is 11.7. The van der Waals surface area contributed by atoms with Crippen LogP contribution in [0.3, 0.4) is 0 Å². The van der Waals surface area contributed by atoms with E-state index in [-0.39, 0.29) is 6.29 Å². The highest BCUT2D eigenvalue weighted by Gasteiger charge is 1.98. The van der Waals surface area contributed by atoms with E-state index in [1.54, 1.807) is 6.07 Å². The van der Waals surface area contributed by atoms with Crippen molar-refractivity contribution < 1.29 is 19.8 Å². The fraction of sp³-hybridized carbons (Fsp3) is 0.529. The number of unbranched alkanes of at least 4 members (excludes halogenated alkanes) is 6. The van der Waals surface area contributed by atoms with E-state index in [2.05, 4.69) is 6.92 Å². The second kappa shape index (κ2) is 13.2. The summed E-state index contributed by atoms with van der Waals surface area (Å²) in [4.78, 5) is 17.9. The van der Waals surface area contributed by atoms with Crippen LogP contribution >= 0.6 is 0 Å².